The first-order valence-electron chi connectivity index (χ1n) is 11.7. The fraction of sp³-hybridized carbons (Fsp3) is 0.133. The maximum Gasteiger partial charge on any atom is 0.224 e. The number of nitrogens with zero attached hydrogens (tertiary/aromatic N) is 2. The Morgan fingerprint density at radius 2 is 1.35 bits per heavy atom. The highest BCUT2D eigenvalue weighted by molar-refractivity contribution is 5.81. The van der Waals surface area contributed by atoms with Gasteiger partial charge in [0.05, 0.1) is 17.5 Å². The molecule has 0 aliphatic rings. The molecule has 0 fully saturated rings. The van der Waals surface area contributed by atoms with Gasteiger partial charge in [-0.2, -0.15) is 0 Å². The number of carbonyl (C=O) groups excluding carboxylic acids is 1. The highest BCUT2D eigenvalue weighted by Crippen LogP contribution is 2.26. The van der Waals surface area contributed by atoms with E-state index in [4.69, 9.17) is 4.98 Å². The van der Waals surface area contributed by atoms with Crippen molar-refractivity contribution in [2.24, 2.45) is 0 Å². The number of aromatic nitrogens is 2. The summed E-state index contributed by atoms with van der Waals surface area (Å²) >= 11 is 0. The van der Waals surface area contributed by atoms with Crippen LogP contribution in [-0.4, -0.2) is 22.0 Å². The van der Waals surface area contributed by atoms with E-state index in [-0.39, 0.29) is 5.91 Å². The Hall–Kier alpha value is -4.18. The molecule has 0 spiro atoms. The first-order valence-corrected chi connectivity index (χ1v) is 11.7. The predicted octanol–water partition coefficient (Wildman–Crippen LogP) is 5.65. The molecule has 0 radical (unpaired) electrons. The highest BCUT2D eigenvalue weighted by Gasteiger charge is 2.13. The lowest BCUT2D eigenvalue weighted by molar-refractivity contribution is -0.120. The lowest BCUT2D eigenvalue weighted by Crippen LogP contribution is -2.27. The van der Waals surface area contributed by atoms with Gasteiger partial charge in [-0.25, -0.2) is 4.98 Å². The van der Waals surface area contributed by atoms with Crippen LogP contribution in [0.5, 0.6) is 0 Å². The number of nitrogens with one attached hydrogen (secondary N) is 1. The van der Waals surface area contributed by atoms with Crippen LogP contribution in [0.4, 0.5) is 0 Å². The molecule has 4 nitrogen and oxygen atoms in total. The van der Waals surface area contributed by atoms with E-state index in [0.717, 1.165) is 41.0 Å². The molecule has 0 bridgehead atoms. The van der Waals surface area contributed by atoms with Crippen molar-refractivity contribution in [1.29, 1.82) is 0 Å². The van der Waals surface area contributed by atoms with E-state index < -0.39 is 0 Å². The van der Waals surface area contributed by atoms with Crippen LogP contribution < -0.4 is 5.32 Å². The molecule has 4 aromatic carbocycles. The van der Waals surface area contributed by atoms with Crippen LogP contribution in [0.25, 0.3) is 22.4 Å². The summed E-state index contributed by atoms with van der Waals surface area (Å²) in [7, 11) is 0. The minimum atomic E-state index is 0.0417. The van der Waals surface area contributed by atoms with Gasteiger partial charge in [0.2, 0.25) is 5.91 Å². The molecule has 1 aromatic heterocycles. The molecule has 0 aliphatic heterocycles. The average Bonchev–Trinajstić information content (AvgIpc) is 3.24. The molecule has 1 amide bonds. The molecule has 0 saturated carbocycles. The molecular formula is C30H27N3O. The topological polar surface area (TPSA) is 46.9 Å². The van der Waals surface area contributed by atoms with E-state index in [0.29, 0.717) is 13.0 Å². The summed E-state index contributed by atoms with van der Waals surface area (Å²) in [5.41, 5.74) is 6.59. The van der Waals surface area contributed by atoms with Crippen LogP contribution in [0.1, 0.15) is 16.7 Å². The first kappa shape index (κ1) is 21.7. The Morgan fingerprint density at radius 1 is 0.706 bits per heavy atom. The molecule has 0 aliphatic carbocycles. The minimum Gasteiger partial charge on any atom is -0.355 e. The summed E-state index contributed by atoms with van der Waals surface area (Å²) in [6.07, 6.45) is 1.21. The van der Waals surface area contributed by atoms with Gasteiger partial charge < -0.3 is 9.88 Å². The van der Waals surface area contributed by atoms with Crippen LogP contribution in [0.3, 0.4) is 0 Å². The quantitative estimate of drug-likeness (QED) is 0.335. The number of hydrogen-bond donors (Lipinski definition) is 1. The summed E-state index contributed by atoms with van der Waals surface area (Å²) in [6, 6.07) is 37.1. The Bertz CT molecular complexity index is 1370. The Labute approximate surface area is 199 Å². The van der Waals surface area contributed by atoms with Gasteiger partial charge >= 0.3 is 0 Å². The molecule has 0 atom stereocenters. The normalized spacial score (nSPS) is 10.9. The Morgan fingerprint density at radius 3 is 2.09 bits per heavy atom. The van der Waals surface area contributed by atoms with Crippen LogP contribution in [-0.2, 0) is 24.2 Å². The predicted molar refractivity (Wildman–Crippen MR) is 138 cm³/mol. The Kier molecular flexibility index (Phi) is 6.48. The van der Waals surface area contributed by atoms with E-state index in [1.165, 1.54) is 11.1 Å². The summed E-state index contributed by atoms with van der Waals surface area (Å²) in [5, 5.41) is 3.02. The van der Waals surface area contributed by atoms with Crippen molar-refractivity contribution in [1.82, 2.24) is 14.9 Å². The average molecular weight is 446 g/mol. The summed E-state index contributed by atoms with van der Waals surface area (Å²) in [4.78, 5) is 17.3. The smallest absolute Gasteiger partial charge is 0.224 e. The van der Waals surface area contributed by atoms with Gasteiger partial charge in [0.25, 0.3) is 0 Å². The largest absolute Gasteiger partial charge is 0.355 e. The standard InChI is InChI=1S/C30H27N3O/c34-29(31-20-19-23-9-3-1-4-10-23)21-24-15-17-26(18-16-24)30-32-27-13-7-8-14-28(27)33(30)22-25-11-5-2-6-12-25/h1-18H,19-22H2,(H,31,34). The third-order valence-corrected chi connectivity index (χ3v) is 5.99. The molecule has 1 N–H and O–H groups in total. The van der Waals surface area contributed by atoms with Crippen LogP contribution in [0, 0.1) is 0 Å². The molecule has 1 heterocycles. The maximum absolute atomic E-state index is 12.4. The number of amides is 1. The van der Waals surface area contributed by atoms with E-state index in [2.05, 4.69) is 76.6 Å². The van der Waals surface area contributed by atoms with Gasteiger partial charge in [0.15, 0.2) is 0 Å². The number of carbonyl (C=O) groups is 1. The highest BCUT2D eigenvalue weighted by atomic mass is 16.1. The third-order valence-electron chi connectivity index (χ3n) is 5.99. The number of hydrogen-bond acceptors (Lipinski definition) is 2. The zero-order valence-electron chi connectivity index (χ0n) is 19.0. The number of rotatable bonds is 8. The van der Waals surface area contributed by atoms with Crippen molar-refractivity contribution in [3.8, 4) is 11.4 Å². The van der Waals surface area contributed by atoms with Crippen molar-refractivity contribution in [2.75, 3.05) is 6.54 Å². The molecule has 0 saturated heterocycles. The minimum absolute atomic E-state index is 0.0417. The number of benzene rings is 4. The van der Waals surface area contributed by atoms with Crippen molar-refractivity contribution in [2.45, 2.75) is 19.4 Å². The van der Waals surface area contributed by atoms with E-state index in [1.54, 1.807) is 0 Å². The summed E-state index contributed by atoms with van der Waals surface area (Å²) < 4.78 is 2.26. The fourth-order valence-electron chi connectivity index (χ4n) is 4.23. The van der Waals surface area contributed by atoms with E-state index >= 15 is 0 Å². The van der Waals surface area contributed by atoms with Gasteiger partial charge in [0, 0.05) is 18.7 Å². The number of fused-ring (bicyclic) bond motifs is 1. The van der Waals surface area contributed by atoms with Crippen molar-refractivity contribution >= 4 is 16.9 Å². The van der Waals surface area contributed by atoms with Gasteiger partial charge in [-0.05, 0) is 35.2 Å². The van der Waals surface area contributed by atoms with E-state index in [1.807, 2.05) is 42.5 Å². The van der Waals surface area contributed by atoms with Crippen LogP contribution in [0.15, 0.2) is 109 Å². The fourth-order valence-corrected chi connectivity index (χ4v) is 4.23. The van der Waals surface area contributed by atoms with E-state index in [9.17, 15) is 4.79 Å². The molecule has 168 valence electrons. The molecular weight excluding hydrogens is 418 g/mol. The lowest BCUT2D eigenvalue weighted by Gasteiger charge is -2.10. The number of para-hydroxylation sites is 2. The monoisotopic (exact) mass is 445 g/mol. The van der Waals surface area contributed by atoms with Crippen molar-refractivity contribution in [3.63, 3.8) is 0 Å². The van der Waals surface area contributed by atoms with Gasteiger partial charge in [-0.15, -0.1) is 0 Å². The third kappa shape index (κ3) is 5.07. The van der Waals surface area contributed by atoms with Crippen LogP contribution >= 0.6 is 0 Å². The second-order valence-electron chi connectivity index (χ2n) is 8.46. The molecule has 5 aromatic rings. The van der Waals surface area contributed by atoms with Crippen LogP contribution in [0.2, 0.25) is 0 Å². The maximum atomic E-state index is 12.4. The number of imidazole rings is 1. The second kappa shape index (κ2) is 10.2. The van der Waals surface area contributed by atoms with Gasteiger partial charge in [-0.1, -0.05) is 97.1 Å². The molecule has 34 heavy (non-hydrogen) atoms. The Balaban J connectivity index is 1.30. The van der Waals surface area contributed by atoms with Gasteiger partial charge in [0.1, 0.15) is 5.82 Å². The van der Waals surface area contributed by atoms with Crippen molar-refractivity contribution in [3.05, 3.63) is 126 Å². The second-order valence-corrected chi connectivity index (χ2v) is 8.46. The summed E-state index contributed by atoms with van der Waals surface area (Å²) in [6.45, 7) is 1.40. The summed E-state index contributed by atoms with van der Waals surface area (Å²) in [5.74, 6) is 0.976. The van der Waals surface area contributed by atoms with Crippen molar-refractivity contribution < 1.29 is 4.79 Å². The zero-order valence-corrected chi connectivity index (χ0v) is 19.0. The first-order chi connectivity index (χ1) is 16.8. The molecule has 5 rings (SSSR count). The van der Waals surface area contributed by atoms with Gasteiger partial charge in [-0.3, -0.25) is 4.79 Å². The zero-order chi connectivity index (χ0) is 23.2. The lowest BCUT2D eigenvalue weighted by atomic mass is 10.1. The molecule has 0 unspecified atom stereocenters. The SMILES string of the molecule is O=C(Cc1ccc(-c2nc3ccccc3n2Cc2ccccc2)cc1)NCCc1ccccc1. The molecule has 4 heteroatoms.